The maximum absolute atomic E-state index is 12.3. The number of benzene rings is 2. The number of hydrogen-bond donors (Lipinski definition) is 1. The molecule has 0 aliphatic carbocycles. The Morgan fingerprint density at radius 1 is 1.09 bits per heavy atom. The van der Waals surface area contributed by atoms with Crippen LogP contribution in [0.15, 0.2) is 60.8 Å². The third-order valence-corrected chi connectivity index (χ3v) is 3.77. The summed E-state index contributed by atoms with van der Waals surface area (Å²) in [6, 6.07) is 17.5. The monoisotopic (exact) mass is 305 g/mol. The second-order valence-corrected chi connectivity index (χ2v) is 5.65. The van der Waals surface area contributed by atoms with Crippen molar-refractivity contribution in [3.05, 3.63) is 71.9 Å². The number of pyridine rings is 1. The molecule has 1 N–H and O–H groups in total. The molecule has 1 heterocycles. The topological polar surface area (TPSA) is 45.2 Å². The lowest BCUT2D eigenvalue weighted by Crippen LogP contribution is -2.22. The summed E-state index contributed by atoms with van der Waals surface area (Å²) in [6.07, 6.45) is 1.75. The van der Waals surface area contributed by atoms with E-state index in [0.717, 1.165) is 22.2 Å². The van der Waals surface area contributed by atoms with E-state index in [2.05, 4.69) is 10.3 Å². The standard InChI is InChI=1S/C19H19N3O/c1-22(2)17-8-5-14(6-9-17)13-21-19(23)16-7-10-18-15(12-16)4-3-11-20-18/h3-12H,13H2,1-2H3,(H,21,23). The van der Waals surface area contributed by atoms with Crippen LogP contribution in [0, 0.1) is 0 Å². The maximum Gasteiger partial charge on any atom is 0.251 e. The summed E-state index contributed by atoms with van der Waals surface area (Å²) in [5.74, 6) is -0.0764. The van der Waals surface area contributed by atoms with Crippen molar-refractivity contribution in [2.45, 2.75) is 6.54 Å². The third kappa shape index (κ3) is 3.48. The molecule has 4 heteroatoms. The first-order chi connectivity index (χ1) is 11.1. The Bertz CT molecular complexity index is 825. The molecule has 116 valence electrons. The summed E-state index contributed by atoms with van der Waals surface area (Å²) in [5, 5.41) is 3.92. The second kappa shape index (κ2) is 6.48. The van der Waals surface area contributed by atoms with E-state index in [4.69, 9.17) is 0 Å². The highest BCUT2D eigenvalue weighted by Crippen LogP contribution is 2.14. The molecule has 0 aliphatic rings. The highest BCUT2D eigenvalue weighted by atomic mass is 16.1. The average molecular weight is 305 g/mol. The van der Waals surface area contributed by atoms with Gasteiger partial charge in [0.1, 0.15) is 0 Å². The van der Waals surface area contributed by atoms with Gasteiger partial charge in [-0.25, -0.2) is 0 Å². The Hall–Kier alpha value is -2.88. The van der Waals surface area contributed by atoms with Gasteiger partial charge in [-0.2, -0.15) is 0 Å². The molecule has 0 unspecified atom stereocenters. The van der Waals surface area contributed by atoms with Gasteiger partial charge < -0.3 is 10.2 Å². The molecule has 4 nitrogen and oxygen atoms in total. The van der Waals surface area contributed by atoms with Gasteiger partial charge in [0.2, 0.25) is 0 Å². The van der Waals surface area contributed by atoms with E-state index in [0.29, 0.717) is 12.1 Å². The maximum atomic E-state index is 12.3. The molecular weight excluding hydrogens is 286 g/mol. The molecule has 0 saturated heterocycles. The zero-order chi connectivity index (χ0) is 16.2. The van der Waals surface area contributed by atoms with Crippen LogP contribution in [0.25, 0.3) is 10.9 Å². The molecule has 0 saturated carbocycles. The van der Waals surface area contributed by atoms with Gasteiger partial charge in [-0.1, -0.05) is 18.2 Å². The number of amides is 1. The molecule has 3 aromatic rings. The van der Waals surface area contributed by atoms with Crippen molar-refractivity contribution in [1.82, 2.24) is 10.3 Å². The third-order valence-electron chi connectivity index (χ3n) is 3.77. The van der Waals surface area contributed by atoms with Gasteiger partial charge in [0.25, 0.3) is 5.91 Å². The van der Waals surface area contributed by atoms with Gasteiger partial charge in [-0.3, -0.25) is 9.78 Å². The Balaban J connectivity index is 1.68. The quantitative estimate of drug-likeness (QED) is 0.805. The van der Waals surface area contributed by atoms with Crippen LogP contribution in [0.2, 0.25) is 0 Å². The van der Waals surface area contributed by atoms with E-state index in [-0.39, 0.29) is 5.91 Å². The van der Waals surface area contributed by atoms with Gasteiger partial charge in [-0.05, 0) is 42.0 Å². The zero-order valence-corrected chi connectivity index (χ0v) is 13.3. The summed E-state index contributed by atoms with van der Waals surface area (Å²) in [4.78, 5) is 18.6. The predicted molar refractivity (Wildman–Crippen MR) is 93.7 cm³/mol. The van der Waals surface area contributed by atoms with E-state index >= 15 is 0 Å². The van der Waals surface area contributed by atoms with E-state index < -0.39 is 0 Å². The first-order valence-corrected chi connectivity index (χ1v) is 7.53. The van der Waals surface area contributed by atoms with E-state index in [1.807, 2.05) is 67.5 Å². The van der Waals surface area contributed by atoms with Crippen LogP contribution in [0.3, 0.4) is 0 Å². The number of hydrogen-bond acceptors (Lipinski definition) is 3. The predicted octanol–water partition coefficient (Wildman–Crippen LogP) is 3.23. The van der Waals surface area contributed by atoms with E-state index in [9.17, 15) is 4.79 Å². The Morgan fingerprint density at radius 3 is 2.61 bits per heavy atom. The minimum Gasteiger partial charge on any atom is -0.378 e. The van der Waals surface area contributed by atoms with Crippen molar-refractivity contribution in [2.75, 3.05) is 19.0 Å². The molecule has 1 aromatic heterocycles. The van der Waals surface area contributed by atoms with Gasteiger partial charge in [0.15, 0.2) is 0 Å². The van der Waals surface area contributed by atoms with Crippen molar-refractivity contribution in [3.63, 3.8) is 0 Å². The fourth-order valence-corrected chi connectivity index (χ4v) is 2.41. The number of nitrogens with one attached hydrogen (secondary N) is 1. The van der Waals surface area contributed by atoms with Crippen molar-refractivity contribution >= 4 is 22.5 Å². The molecule has 0 atom stereocenters. The number of aromatic nitrogens is 1. The van der Waals surface area contributed by atoms with Crippen LogP contribution in [0.1, 0.15) is 15.9 Å². The molecule has 0 radical (unpaired) electrons. The summed E-state index contributed by atoms with van der Waals surface area (Å²) in [5.41, 5.74) is 3.76. The molecule has 0 bridgehead atoms. The molecule has 23 heavy (non-hydrogen) atoms. The summed E-state index contributed by atoms with van der Waals surface area (Å²) < 4.78 is 0. The SMILES string of the molecule is CN(C)c1ccc(CNC(=O)c2ccc3ncccc3c2)cc1. The van der Waals surface area contributed by atoms with Crippen molar-refractivity contribution in [2.24, 2.45) is 0 Å². The normalized spacial score (nSPS) is 10.5. The number of anilines is 1. The Morgan fingerprint density at radius 2 is 1.87 bits per heavy atom. The zero-order valence-electron chi connectivity index (χ0n) is 13.3. The van der Waals surface area contributed by atoms with Gasteiger partial charge >= 0.3 is 0 Å². The molecule has 1 amide bonds. The summed E-state index contributed by atoms with van der Waals surface area (Å²) >= 11 is 0. The number of nitrogens with zero attached hydrogens (tertiary/aromatic N) is 2. The molecule has 2 aromatic carbocycles. The molecular formula is C19H19N3O. The van der Waals surface area contributed by atoms with Crippen LogP contribution >= 0.6 is 0 Å². The van der Waals surface area contributed by atoms with Gasteiger partial charge in [-0.15, -0.1) is 0 Å². The smallest absolute Gasteiger partial charge is 0.251 e. The fraction of sp³-hybridized carbons (Fsp3) is 0.158. The number of fused-ring (bicyclic) bond motifs is 1. The van der Waals surface area contributed by atoms with Gasteiger partial charge in [0, 0.05) is 43.5 Å². The highest BCUT2D eigenvalue weighted by molar-refractivity contribution is 5.97. The van der Waals surface area contributed by atoms with Crippen molar-refractivity contribution in [3.8, 4) is 0 Å². The number of carbonyl (C=O) groups excluding carboxylic acids is 1. The lowest BCUT2D eigenvalue weighted by Gasteiger charge is -2.13. The van der Waals surface area contributed by atoms with Crippen LogP contribution in [0.5, 0.6) is 0 Å². The van der Waals surface area contributed by atoms with Crippen LogP contribution in [-0.2, 0) is 6.54 Å². The molecule has 0 aliphatic heterocycles. The average Bonchev–Trinajstić information content (AvgIpc) is 2.59. The largest absolute Gasteiger partial charge is 0.378 e. The lowest BCUT2D eigenvalue weighted by molar-refractivity contribution is 0.0951. The number of carbonyl (C=O) groups is 1. The minimum absolute atomic E-state index is 0.0764. The van der Waals surface area contributed by atoms with Gasteiger partial charge in [0.05, 0.1) is 5.52 Å². The van der Waals surface area contributed by atoms with Crippen molar-refractivity contribution < 1.29 is 4.79 Å². The summed E-state index contributed by atoms with van der Waals surface area (Å²) in [7, 11) is 4.01. The van der Waals surface area contributed by atoms with E-state index in [1.54, 1.807) is 12.3 Å². The van der Waals surface area contributed by atoms with Crippen LogP contribution in [0.4, 0.5) is 5.69 Å². The Labute approximate surface area is 135 Å². The lowest BCUT2D eigenvalue weighted by atomic mass is 10.1. The molecule has 0 spiro atoms. The first kappa shape index (κ1) is 15.0. The highest BCUT2D eigenvalue weighted by Gasteiger charge is 2.06. The Kier molecular flexibility index (Phi) is 4.24. The van der Waals surface area contributed by atoms with Crippen molar-refractivity contribution in [1.29, 1.82) is 0 Å². The molecule has 3 rings (SSSR count). The number of rotatable bonds is 4. The van der Waals surface area contributed by atoms with Crippen LogP contribution < -0.4 is 10.2 Å². The minimum atomic E-state index is -0.0764. The summed E-state index contributed by atoms with van der Waals surface area (Å²) in [6.45, 7) is 0.512. The fourth-order valence-electron chi connectivity index (χ4n) is 2.41. The molecule has 0 fully saturated rings. The second-order valence-electron chi connectivity index (χ2n) is 5.65. The van der Waals surface area contributed by atoms with Crippen LogP contribution in [-0.4, -0.2) is 25.0 Å². The first-order valence-electron chi connectivity index (χ1n) is 7.53. The van der Waals surface area contributed by atoms with E-state index in [1.165, 1.54) is 0 Å².